The standard InChI is InChI=1S/C27H39NOS/c1-5-7-19(23-8-6-17-30-23)21-11-10-20-18-9-12-24-27(3,16-14-25(29)28(24)4)22(18)13-15-26(20,21)2/h6,8,14,16-22,24H,5,7,9-13,15H2,1-4H3/t18-,19?,20-,21+,22-,24+,26-,27+/m0/s1. The van der Waals surface area contributed by atoms with Crippen molar-refractivity contribution < 1.29 is 4.79 Å². The molecule has 2 heterocycles. The van der Waals surface area contributed by atoms with E-state index in [1.54, 1.807) is 4.88 Å². The van der Waals surface area contributed by atoms with Crippen molar-refractivity contribution in [2.75, 3.05) is 7.05 Å². The molecule has 0 radical (unpaired) electrons. The maximum absolute atomic E-state index is 12.3. The van der Waals surface area contributed by atoms with Crippen LogP contribution < -0.4 is 0 Å². The average molecular weight is 426 g/mol. The Hall–Kier alpha value is -1.09. The Bertz CT molecular complexity index is 815. The fraction of sp³-hybridized carbons (Fsp3) is 0.741. The largest absolute Gasteiger partial charge is 0.338 e. The van der Waals surface area contributed by atoms with Crippen molar-refractivity contribution in [3.63, 3.8) is 0 Å². The van der Waals surface area contributed by atoms with Crippen LogP contribution in [0.25, 0.3) is 0 Å². The fourth-order valence-electron chi connectivity index (χ4n) is 8.79. The summed E-state index contributed by atoms with van der Waals surface area (Å²) in [6, 6.07) is 5.06. The molecule has 1 aromatic heterocycles. The van der Waals surface area contributed by atoms with Gasteiger partial charge in [-0.25, -0.2) is 0 Å². The van der Waals surface area contributed by atoms with Gasteiger partial charge in [0.15, 0.2) is 0 Å². The van der Waals surface area contributed by atoms with Gasteiger partial charge < -0.3 is 4.90 Å². The monoisotopic (exact) mass is 425 g/mol. The molecular formula is C27H39NOS. The molecule has 0 N–H and O–H groups in total. The van der Waals surface area contributed by atoms with E-state index in [1.165, 1.54) is 51.4 Å². The number of thiophene rings is 1. The highest BCUT2D eigenvalue weighted by Crippen LogP contribution is 2.67. The third kappa shape index (κ3) is 2.90. The zero-order valence-electron chi connectivity index (χ0n) is 19.3. The highest BCUT2D eigenvalue weighted by atomic mass is 32.1. The van der Waals surface area contributed by atoms with Gasteiger partial charge in [0.25, 0.3) is 0 Å². The Kier molecular flexibility index (Phi) is 5.20. The Morgan fingerprint density at radius 2 is 2.00 bits per heavy atom. The Morgan fingerprint density at radius 1 is 1.17 bits per heavy atom. The quantitative estimate of drug-likeness (QED) is 0.514. The predicted octanol–water partition coefficient (Wildman–Crippen LogP) is 6.89. The van der Waals surface area contributed by atoms with Crippen LogP contribution in [0.4, 0.5) is 0 Å². The van der Waals surface area contributed by atoms with E-state index in [0.29, 0.717) is 11.5 Å². The lowest BCUT2D eigenvalue weighted by atomic mass is 9.47. The van der Waals surface area contributed by atoms with Crippen molar-refractivity contribution >= 4 is 17.2 Å². The zero-order chi connectivity index (χ0) is 21.1. The van der Waals surface area contributed by atoms with Gasteiger partial charge in [-0.3, -0.25) is 4.79 Å². The number of likely N-dealkylation sites (N-methyl/N-ethyl adjacent to an activating group) is 1. The molecule has 164 valence electrons. The topological polar surface area (TPSA) is 20.3 Å². The maximum Gasteiger partial charge on any atom is 0.246 e. The Morgan fingerprint density at radius 3 is 2.73 bits per heavy atom. The molecule has 0 aromatic carbocycles. The molecule has 1 unspecified atom stereocenters. The summed E-state index contributed by atoms with van der Waals surface area (Å²) in [4.78, 5) is 16.0. The molecule has 1 aliphatic heterocycles. The van der Waals surface area contributed by atoms with Crippen molar-refractivity contribution in [1.82, 2.24) is 4.90 Å². The zero-order valence-corrected chi connectivity index (χ0v) is 20.1. The number of rotatable bonds is 4. The van der Waals surface area contributed by atoms with Crippen molar-refractivity contribution in [1.29, 1.82) is 0 Å². The number of nitrogens with zero attached hydrogens (tertiary/aromatic N) is 1. The van der Waals surface area contributed by atoms with E-state index >= 15 is 0 Å². The molecule has 3 heteroatoms. The van der Waals surface area contributed by atoms with E-state index in [2.05, 4.69) is 49.3 Å². The molecule has 3 aliphatic carbocycles. The molecule has 0 bridgehead atoms. The van der Waals surface area contributed by atoms with Gasteiger partial charge in [0.2, 0.25) is 5.91 Å². The number of carbonyl (C=O) groups is 1. The number of carbonyl (C=O) groups excluding carboxylic acids is 1. The molecule has 1 aromatic rings. The van der Waals surface area contributed by atoms with Gasteiger partial charge in [-0.1, -0.05) is 39.3 Å². The van der Waals surface area contributed by atoms with Crippen LogP contribution in [0.15, 0.2) is 29.7 Å². The summed E-state index contributed by atoms with van der Waals surface area (Å²) in [6.45, 7) is 7.50. The summed E-state index contributed by atoms with van der Waals surface area (Å²) >= 11 is 1.99. The van der Waals surface area contributed by atoms with E-state index in [4.69, 9.17) is 0 Å². The molecule has 3 saturated carbocycles. The summed E-state index contributed by atoms with van der Waals surface area (Å²) in [6.07, 6.45) is 14.9. The third-order valence-electron chi connectivity index (χ3n) is 10.2. The Balaban J connectivity index is 1.44. The first kappa shape index (κ1) is 20.8. The summed E-state index contributed by atoms with van der Waals surface area (Å²) in [5, 5.41) is 2.28. The van der Waals surface area contributed by atoms with Crippen LogP contribution in [0.5, 0.6) is 0 Å². The molecule has 30 heavy (non-hydrogen) atoms. The van der Waals surface area contributed by atoms with Crippen LogP contribution in [-0.2, 0) is 4.79 Å². The first-order valence-corrected chi connectivity index (χ1v) is 13.3. The molecular weight excluding hydrogens is 386 g/mol. The Labute approximate surface area is 187 Å². The summed E-state index contributed by atoms with van der Waals surface area (Å²) < 4.78 is 0. The second-order valence-electron chi connectivity index (χ2n) is 11.3. The highest BCUT2D eigenvalue weighted by molar-refractivity contribution is 7.10. The van der Waals surface area contributed by atoms with Crippen molar-refractivity contribution in [2.24, 2.45) is 34.5 Å². The van der Waals surface area contributed by atoms with Crippen molar-refractivity contribution in [3.8, 4) is 0 Å². The van der Waals surface area contributed by atoms with Crippen LogP contribution in [-0.4, -0.2) is 23.9 Å². The average Bonchev–Trinajstić information content (AvgIpc) is 3.37. The first-order chi connectivity index (χ1) is 14.4. The van der Waals surface area contributed by atoms with Crippen LogP contribution in [0.2, 0.25) is 0 Å². The van der Waals surface area contributed by atoms with Gasteiger partial charge >= 0.3 is 0 Å². The SMILES string of the molecule is CCCC(c1cccs1)[C@H]1CC[C@H]2[C@@H]3CC[C@H]4N(C)C(=O)C=C[C@]4(C)[C@H]3CC[C@]12C. The number of fused-ring (bicyclic) bond motifs is 5. The normalized spacial score (nSPS) is 43.8. The summed E-state index contributed by atoms with van der Waals surface area (Å²) in [7, 11) is 2.03. The van der Waals surface area contributed by atoms with Crippen molar-refractivity contribution in [3.05, 3.63) is 34.5 Å². The molecule has 1 amide bonds. The molecule has 5 rings (SSSR count). The number of hydrogen-bond donors (Lipinski definition) is 0. The lowest BCUT2D eigenvalue weighted by Crippen LogP contribution is -2.59. The molecule has 8 atom stereocenters. The van der Waals surface area contributed by atoms with Gasteiger partial charge in [0, 0.05) is 23.4 Å². The van der Waals surface area contributed by atoms with Crippen LogP contribution in [0.1, 0.15) is 82.9 Å². The van der Waals surface area contributed by atoms with Gasteiger partial charge in [0.1, 0.15) is 0 Å². The second kappa shape index (κ2) is 7.50. The molecule has 0 spiro atoms. The summed E-state index contributed by atoms with van der Waals surface area (Å²) in [5.74, 6) is 4.26. The lowest BCUT2D eigenvalue weighted by Gasteiger charge is -2.60. The number of hydrogen-bond acceptors (Lipinski definition) is 2. The van der Waals surface area contributed by atoms with E-state index < -0.39 is 0 Å². The minimum absolute atomic E-state index is 0.168. The van der Waals surface area contributed by atoms with Gasteiger partial charge in [-0.15, -0.1) is 11.3 Å². The molecule has 0 saturated heterocycles. The minimum Gasteiger partial charge on any atom is -0.338 e. The van der Waals surface area contributed by atoms with Gasteiger partial charge in [-0.2, -0.15) is 0 Å². The maximum atomic E-state index is 12.3. The highest BCUT2D eigenvalue weighted by Gasteiger charge is 2.61. The first-order valence-electron chi connectivity index (χ1n) is 12.4. The van der Waals surface area contributed by atoms with E-state index in [-0.39, 0.29) is 11.3 Å². The van der Waals surface area contributed by atoms with Crippen LogP contribution >= 0.6 is 11.3 Å². The lowest BCUT2D eigenvalue weighted by molar-refractivity contribution is -0.139. The molecule has 2 nitrogen and oxygen atoms in total. The second-order valence-corrected chi connectivity index (χ2v) is 12.2. The van der Waals surface area contributed by atoms with E-state index in [0.717, 1.165) is 29.6 Å². The smallest absolute Gasteiger partial charge is 0.246 e. The van der Waals surface area contributed by atoms with E-state index in [1.807, 2.05) is 24.5 Å². The third-order valence-corrected chi connectivity index (χ3v) is 11.2. The number of amides is 1. The minimum atomic E-state index is 0.168. The van der Waals surface area contributed by atoms with Gasteiger partial charge in [0.05, 0.1) is 0 Å². The molecule has 3 fully saturated rings. The fourth-order valence-corrected chi connectivity index (χ4v) is 9.72. The van der Waals surface area contributed by atoms with Gasteiger partial charge in [-0.05, 0) is 97.5 Å². The molecule has 4 aliphatic rings. The van der Waals surface area contributed by atoms with Crippen LogP contribution in [0.3, 0.4) is 0 Å². The van der Waals surface area contributed by atoms with Crippen molar-refractivity contribution in [2.45, 2.75) is 84.1 Å². The summed E-state index contributed by atoms with van der Waals surface area (Å²) in [5.41, 5.74) is 0.663. The van der Waals surface area contributed by atoms with Crippen LogP contribution in [0, 0.1) is 34.5 Å². The predicted molar refractivity (Wildman–Crippen MR) is 126 cm³/mol. The van der Waals surface area contributed by atoms with E-state index in [9.17, 15) is 4.79 Å².